The maximum atomic E-state index is 10.7. The predicted molar refractivity (Wildman–Crippen MR) is 84.8 cm³/mol. The summed E-state index contributed by atoms with van der Waals surface area (Å²) in [7, 11) is 0. The van der Waals surface area contributed by atoms with Crippen LogP contribution < -0.4 is 0 Å². The minimum atomic E-state index is -0.805. The van der Waals surface area contributed by atoms with Gasteiger partial charge in [0.1, 0.15) is 4.60 Å². The van der Waals surface area contributed by atoms with Gasteiger partial charge in [-0.25, -0.2) is 4.98 Å². The van der Waals surface area contributed by atoms with Crippen LogP contribution in [0.25, 0.3) is 16.8 Å². The average molecular weight is 350 g/mol. The highest BCUT2D eigenvalue weighted by atomic mass is 79.9. The van der Waals surface area contributed by atoms with Gasteiger partial charge in [0, 0.05) is 12.1 Å². The molecule has 0 bridgehead atoms. The van der Waals surface area contributed by atoms with Crippen LogP contribution in [0, 0.1) is 0 Å². The Balaban J connectivity index is 2.10. The Labute approximate surface area is 130 Å². The number of aromatic nitrogens is 3. The fourth-order valence-electron chi connectivity index (χ4n) is 2.46. The molecule has 5 nitrogen and oxygen atoms in total. The molecule has 0 amide bonds. The van der Waals surface area contributed by atoms with Crippen LogP contribution in [0.15, 0.2) is 22.8 Å². The van der Waals surface area contributed by atoms with Gasteiger partial charge in [0.25, 0.3) is 0 Å². The molecule has 3 rings (SSSR count). The number of rotatable bonds is 4. The Kier molecular flexibility index (Phi) is 3.49. The van der Waals surface area contributed by atoms with Crippen molar-refractivity contribution in [2.45, 2.75) is 32.6 Å². The van der Waals surface area contributed by atoms with Crippen molar-refractivity contribution in [1.29, 1.82) is 0 Å². The number of H-pyrrole nitrogens is 1. The van der Waals surface area contributed by atoms with Crippen molar-refractivity contribution in [2.24, 2.45) is 0 Å². The number of aromatic amines is 1. The van der Waals surface area contributed by atoms with Crippen LogP contribution >= 0.6 is 15.9 Å². The molecule has 0 aliphatic heterocycles. The Morgan fingerprint density at radius 2 is 2.24 bits per heavy atom. The number of hydrogen-bond donors (Lipinski definition) is 2. The lowest BCUT2D eigenvalue weighted by Gasteiger charge is -2.04. The molecule has 2 N–H and O–H groups in total. The van der Waals surface area contributed by atoms with Gasteiger partial charge in [0.2, 0.25) is 5.78 Å². The van der Waals surface area contributed by atoms with E-state index in [-0.39, 0.29) is 6.42 Å². The highest BCUT2D eigenvalue weighted by molar-refractivity contribution is 9.10. The Morgan fingerprint density at radius 1 is 1.48 bits per heavy atom. The highest BCUT2D eigenvalue weighted by Gasteiger charge is 2.15. The Morgan fingerprint density at radius 3 is 2.90 bits per heavy atom. The van der Waals surface area contributed by atoms with Gasteiger partial charge in [-0.3, -0.25) is 9.20 Å². The Hall–Kier alpha value is -1.82. The summed E-state index contributed by atoms with van der Waals surface area (Å²) in [4.78, 5) is 18.5. The van der Waals surface area contributed by atoms with E-state index < -0.39 is 5.97 Å². The molecule has 1 aromatic carbocycles. The maximum Gasteiger partial charge on any atom is 0.303 e. The third-order valence-corrected chi connectivity index (χ3v) is 4.48. The minimum absolute atomic E-state index is 0.0949. The molecule has 0 radical (unpaired) electrons. The lowest BCUT2D eigenvalue weighted by atomic mass is 10.0. The van der Waals surface area contributed by atoms with Gasteiger partial charge in [0.15, 0.2) is 0 Å². The number of carboxylic acid groups (broad SMARTS) is 1. The number of carbonyl (C=O) groups is 1. The summed E-state index contributed by atoms with van der Waals surface area (Å²) in [5.74, 6) is 0.391. The van der Waals surface area contributed by atoms with Gasteiger partial charge in [-0.05, 0) is 39.5 Å². The van der Waals surface area contributed by atoms with E-state index in [4.69, 9.17) is 5.11 Å². The fraction of sp³-hybridized carbons (Fsp3) is 0.333. The van der Waals surface area contributed by atoms with E-state index in [1.54, 1.807) is 0 Å². The molecule has 6 heteroatoms. The van der Waals surface area contributed by atoms with Crippen molar-refractivity contribution in [3.8, 4) is 0 Å². The molecule has 0 atom stereocenters. The molecule has 0 unspecified atom stereocenters. The van der Waals surface area contributed by atoms with Crippen LogP contribution in [0.4, 0.5) is 0 Å². The first-order valence-corrected chi connectivity index (χ1v) is 7.67. The fourth-order valence-corrected chi connectivity index (χ4v) is 3.11. The molecule has 0 aliphatic carbocycles. The number of halogens is 1. The zero-order valence-electron chi connectivity index (χ0n) is 11.9. The van der Waals surface area contributed by atoms with E-state index >= 15 is 0 Å². The van der Waals surface area contributed by atoms with Gasteiger partial charge < -0.3 is 10.1 Å². The second-order valence-corrected chi connectivity index (χ2v) is 6.21. The second kappa shape index (κ2) is 5.18. The van der Waals surface area contributed by atoms with E-state index in [2.05, 4.69) is 57.9 Å². The van der Waals surface area contributed by atoms with Crippen LogP contribution in [0.1, 0.15) is 37.4 Å². The standard InChI is InChI=1S/C15H16BrN3O2/c1-8(2)9-3-5-12-11(7-9)18-15-17-10(4-6-13(20)21)14(16)19(12)15/h3,5,7-8H,4,6H2,1-2H3,(H,17,18)(H,20,21). The summed E-state index contributed by atoms with van der Waals surface area (Å²) in [6, 6.07) is 6.27. The first-order valence-electron chi connectivity index (χ1n) is 6.87. The predicted octanol–water partition coefficient (Wildman–Crippen LogP) is 3.72. The monoisotopic (exact) mass is 349 g/mol. The van der Waals surface area contributed by atoms with Crippen LogP contribution in [-0.2, 0) is 11.2 Å². The lowest BCUT2D eigenvalue weighted by Crippen LogP contribution is -1.98. The van der Waals surface area contributed by atoms with Gasteiger partial charge >= 0.3 is 5.97 Å². The molecule has 2 aromatic heterocycles. The average Bonchev–Trinajstić information content (AvgIpc) is 2.92. The molecular formula is C15H16BrN3O2. The number of aryl methyl sites for hydroxylation is 1. The molecule has 3 aromatic rings. The van der Waals surface area contributed by atoms with E-state index in [0.29, 0.717) is 12.3 Å². The zero-order chi connectivity index (χ0) is 15.1. The first kappa shape index (κ1) is 14.1. The quantitative estimate of drug-likeness (QED) is 0.753. The lowest BCUT2D eigenvalue weighted by molar-refractivity contribution is -0.136. The number of imidazole rings is 2. The maximum absolute atomic E-state index is 10.7. The molecule has 0 aliphatic rings. The number of nitrogens with one attached hydrogen (secondary N) is 1. The molecule has 0 saturated heterocycles. The smallest absolute Gasteiger partial charge is 0.303 e. The summed E-state index contributed by atoms with van der Waals surface area (Å²) in [5.41, 5.74) is 4.07. The van der Waals surface area contributed by atoms with Crippen molar-refractivity contribution in [3.63, 3.8) is 0 Å². The van der Waals surface area contributed by atoms with Gasteiger partial charge in [-0.2, -0.15) is 0 Å². The summed E-state index contributed by atoms with van der Waals surface area (Å²) in [5, 5.41) is 8.79. The van der Waals surface area contributed by atoms with E-state index in [0.717, 1.165) is 27.1 Å². The van der Waals surface area contributed by atoms with E-state index in [9.17, 15) is 4.79 Å². The summed E-state index contributed by atoms with van der Waals surface area (Å²) in [6.45, 7) is 4.31. The molecule has 21 heavy (non-hydrogen) atoms. The Bertz CT molecular complexity index is 832. The number of carboxylic acids is 1. The number of hydrogen-bond acceptors (Lipinski definition) is 2. The first-order chi connectivity index (χ1) is 9.97. The summed E-state index contributed by atoms with van der Waals surface area (Å²) >= 11 is 3.55. The second-order valence-electron chi connectivity index (χ2n) is 5.46. The van der Waals surface area contributed by atoms with Crippen molar-refractivity contribution in [2.75, 3.05) is 0 Å². The van der Waals surface area contributed by atoms with Gasteiger partial charge in [-0.1, -0.05) is 19.9 Å². The molecule has 110 valence electrons. The third kappa shape index (κ3) is 2.44. The van der Waals surface area contributed by atoms with Crippen molar-refractivity contribution >= 4 is 38.7 Å². The van der Waals surface area contributed by atoms with Crippen molar-refractivity contribution in [1.82, 2.24) is 14.4 Å². The summed E-state index contributed by atoms with van der Waals surface area (Å²) < 4.78 is 2.83. The van der Waals surface area contributed by atoms with Gasteiger partial charge in [0.05, 0.1) is 17.5 Å². The number of aliphatic carboxylic acids is 1. The van der Waals surface area contributed by atoms with E-state index in [1.807, 2.05) is 4.40 Å². The topological polar surface area (TPSA) is 70.4 Å². The molecule has 2 heterocycles. The zero-order valence-corrected chi connectivity index (χ0v) is 13.4. The largest absolute Gasteiger partial charge is 0.481 e. The van der Waals surface area contributed by atoms with Crippen molar-refractivity contribution in [3.05, 3.63) is 34.1 Å². The minimum Gasteiger partial charge on any atom is -0.481 e. The number of benzene rings is 1. The molecular weight excluding hydrogens is 334 g/mol. The van der Waals surface area contributed by atoms with Crippen LogP contribution in [0.3, 0.4) is 0 Å². The third-order valence-electron chi connectivity index (χ3n) is 3.64. The number of nitrogens with zero attached hydrogens (tertiary/aromatic N) is 2. The highest BCUT2D eigenvalue weighted by Crippen LogP contribution is 2.27. The molecule has 0 saturated carbocycles. The molecule has 0 fully saturated rings. The van der Waals surface area contributed by atoms with Crippen LogP contribution in [-0.4, -0.2) is 25.4 Å². The number of fused-ring (bicyclic) bond motifs is 3. The van der Waals surface area contributed by atoms with Crippen LogP contribution in [0.2, 0.25) is 0 Å². The SMILES string of the molecule is CC(C)c1ccc2c(c1)nc1[nH]c(CCC(=O)O)c(Br)n12. The summed E-state index contributed by atoms with van der Waals surface area (Å²) in [6.07, 6.45) is 0.544. The van der Waals surface area contributed by atoms with Gasteiger partial charge in [-0.15, -0.1) is 0 Å². The van der Waals surface area contributed by atoms with Crippen LogP contribution in [0.5, 0.6) is 0 Å². The van der Waals surface area contributed by atoms with Crippen molar-refractivity contribution < 1.29 is 9.90 Å². The molecule has 0 spiro atoms. The van der Waals surface area contributed by atoms with E-state index in [1.165, 1.54) is 5.56 Å². The normalized spacial score (nSPS) is 11.8.